The van der Waals surface area contributed by atoms with E-state index in [0.717, 1.165) is 29.7 Å². The Morgan fingerprint density at radius 3 is 2.32 bits per heavy atom. The van der Waals surface area contributed by atoms with Crippen molar-refractivity contribution in [2.24, 2.45) is 0 Å². The minimum atomic E-state index is -0.348. The molecule has 3 N–H and O–H groups in total. The van der Waals surface area contributed by atoms with E-state index in [-0.39, 0.29) is 5.91 Å². The summed E-state index contributed by atoms with van der Waals surface area (Å²) in [6, 6.07) is 11.6. The summed E-state index contributed by atoms with van der Waals surface area (Å²) < 4.78 is 10.8. The number of amides is 1. The lowest BCUT2D eigenvalue weighted by atomic mass is 10.0. The second-order valence-electron chi connectivity index (χ2n) is 9.35. The largest absolute Gasteiger partial charge is 0.495 e. The predicted octanol–water partition coefficient (Wildman–Crippen LogP) is 5.39. The van der Waals surface area contributed by atoms with Crippen LogP contribution in [0.3, 0.4) is 0 Å². The number of aromatic nitrogens is 3. The van der Waals surface area contributed by atoms with Crippen LogP contribution in [0.2, 0.25) is 10.0 Å². The van der Waals surface area contributed by atoms with Gasteiger partial charge in [-0.3, -0.25) is 9.89 Å². The average molecular weight is 555 g/mol. The first-order valence-corrected chi connectivity index (χ1v) is 12.9. The van der Waals surface area contributed by atoms with Gasteiger partial charge in [-0.2, -0.15) is 5.10 Å². The molecule has 0 radical (unpaired) electrons. The number of benzene rings is 2. The van der Waals surface area contributed by atoms with Crippen molar-refractivity contribution in [2.45, 2.75) is 25.9 Å². The summed E-state index contributed by atoms with van der Waals surface area (Å²) in [7, 11) is 3.06. The smallest absolute Gasteiger partial charge is 0.275 e. The molecule has 0 saturated carbocycles. The fraction of sp³-hybridized carbons (Fsp3) is 0.296. The Morgan fingerprint density at radius 1 is 1.03 bits per heavy atom. The number of ether oxygens (including phenoxy) is 2. The van der Waals surface area contributed by atoms with Gasteiger partial charge in [0.05, 0.1) is 41.7 Å². The first kappa shape index (κ1) is 26.1. The highest BCUT2D eigenvalue weighted by Gasteiger charge is 2.22. The number of rotatable bonds is 6. The Kier molecular flexibility index (Phi) is 7.34. The van der Waals surface area contributed by atoms with Crippen LogP contribution in [-0.2, 0) is 0 Å². The number of pyridine rings is 1. The molecule has 0 bridgehead atoms. The summed E-state index contributed by atoms with van der Waals surface area (Å²) in [4.78, 5) is 19.6. The summed E-state index contributed by atoms with van der Waals surface area (Å²) in [5, 5.41) is 15.1. The molecule has 0 spiro atoms. The first-order chi connectivity index (χ1) is 18.3. The van der Waals surface area contributed by atoms with Gasteiger partial charge in [-0.1, -0.05) is 29.3 Å². The van der Waals surface area contributed by atoms with Gasteiger partial charge in [0.25, 0.3) is 5.91 Å². The zero-order chi connectivity index (χ0) is 27.0. The number of fused-ring (bicyclic) bond motifs is 1. The van der Waals surface area contributed by atoms with Crippen molar-refractivity contribution in [1.29, 1.82) is 0 Å². The maximum atomic E-state index is 13.0. The highest BCUT2D eigenvalue weighted by molar-refractivity contribution is 6.41. The molecule has 1 aliphatic heterocycles. The lowest BCUT2D eigenvalue weighted by Crippen LogP contribution is -2.54. The Hall–Kier alpha value is -3.53. The Morgan fingerprint density at radius 2 is 1.71 bits per heavy atom. The van der Waals surface area contributed by atoms with Gasteiger partial charge in [0.15, 0.2) is 5.82 Å². The number of anilines is 2. The van der Waals surface area contributed by atoms with Crippen molar-refractivity contribution in [3.63, 3.8) is 0 Å². The SMILES string of the molecule is COc1cc(OC)c(Cl)c(-c2ccc3c(NC(=O)c4ccc(N5CC(C)NC(C)C5)cn4)n[nH]c3c2)c1Cl. The number of nitrogens with zero attached hydrogens (tertiary/aromatic N) is 3. The molecule has 4 aromatic rings. The maximum Gasteiger partial charge on any atom is 0.275 e. The molecule has 2 unspecified atom stereocenters. The maximum absolute atomic E-state index is 13.0. The fourth-order valence-corrected chi connectivity index (χ4v) is 5.55. The van der Waals surface area contributed by atoms with E-state index >= 15 is 0 Å². The minimum absolute atomic E-state index is 0.305. The zero-order valence-corrected chi connectivity index (χ0v) is 22.9. The van der Waals surface area contributed by atoms with E-state index in [9.17, 15) is 4.79 Å². The molecule has 198 valence electrons. The minimum Gasteiger partial charge on any atom is -0.495 e. The Balaban J connectivity index is 1.37. The quantitative estimate of drug-likeness (QED) is 0.293. The van der Waals surface area contributed by atoms with Crippen LogP contribution in [0.5, 0.6) is 11.5 Å². The average Bonchev–Trinajstić information content (AvgIpc) is 3.30. The number of methoxy groups -OCH3 is 2. The van der Waals surface area contributed by atoms with Gasteiger partial charge in [-0.25, -0.2) is 4.98 Å². The number of nitrogens with one attached hydrogen (secondary N) is 3. The van der Waals surface area contributed by atoms with Crippen molar-refractivity contribution in [3.8, 4) is 22.6 Å². The molecule has 1 fully saturated rings. The number of aromatic amines is 1. The monoisotopic (exact) mass is 554 g/mol. The number of H-pyrrole nitrogens is 1. The van der Waals surface area contributed by atoms with Crippen LogP contribution in [-0.4, -0.2) is 60.5 Å². The van der Waals surface area contributed by atoms with Crippen molar-refractivity contribution >= 4 is 51.5 Å². The number of piperazine rings is 1. The summed E-state index contributed by atoms with van der Waals surface area (Å²) in [6.07, 6.45) is 1.74. The molecule has 11 heteroatoms. The van der Waals surface area contributed by atoms with Crippen molar-refractivity contribution in [3.05, 3.63) is 58.3 Å². The van der Waals surface area contributed by atoms with Crippen LogP contribution in [0.1, 0.15) is 24.3 Å². The van der Waals surface area contributed by atoms with Gasteiger partial charge in [0, 0.05) is 42.2 Å². The fourth-order valence-electron chi connectivity index (χ4n) is 4.83. The third-order valence-corrected chi connectivity index (χ3v) is 7.31. The lowest BCUT2D eigenvalue weighted by molar-refractivity contribution is 0.102. The second kappa shape index (κ2) is 10.7. The molecule has 5 rings (SSSR count). The molecule has 2 aromatic carbocycles. The molecule has 2 atom stereocenters. The van der Waals surface area contributed by atoms with Gasteiger partial charge >= 0.3 is 0 Å². The van der Waals surface area contributed by atoms with E-state index in [1.807, 2.05) is 24.3 Å². The first-order valence-electron chi connectivity index (χ1n) is 12.2. The molecule has 38 heavy (non-hydrogen) atoms. The van der Waals surface area contributed by atoms with E-state index < -0.39 is 0 Å². The normalized spacial score (nSPS) is 17.5. The molecule has 2 aromatic heterocycles. The van der Waals surface area contributed by atoms with Gasteiger partial charge < -0.3 is 25.0 Å². The van der Waals surface area contributed by atoms with Crippen LogP contribution in [0.15, 0.2) is 42.6 Å². The molecule has 0 aliphatic carbocycles. The van der Waals surface area contributed by atoms with E-state index in [2.05, 4.69) is 44.6 Å². The molecule has 1 saturated heterocycles. The van der Waals surface area contributed by atoms with Crippen molar-refractivity contribution < 1.29 is 14.3 Å². The summed E-state index contributed by atoms with van der Waals surface area (Å²) in [5.74, 6) is 0.937. The number of carbonyl (C=O) groups is 1. The number of carbonyl (C=O) groups excluding carboxylic acids is 1. The van der Waals surface area contributed by atoms with Gasteiger partial charge in [0.2, 0.25) is 0 Å². The van der Waals surface area contributed by atoms with Gasteiger partial charge in [-0.05, 0) is 43.7 Å². The molecular weight excluding hydrogens is 527 g/mol. The molecule has 1 amide bonds. The molecular formula is C27H28Cl2N6O3. The van der Waals surface area contributed by atoms with E-state index in [0.29, 0.717) is 56.2 Å². The third kappa shape index (κ3) is 4.97. The second-order valence-corrected chi connectivity index (χ2v) is 10.1. The number of halogens is 2. The molecule has 1 aliphatic rings. The lowest BCUT2D eigenvalue weighted by Gasteiger charge is -2.37. The van der Waals surface area contributed by atoms with E-state index in [1.165, 1.54) is 14.2 Å². The Labute approximate surface area is 230 Å². The van der Waals surface area contributed by atoms with Crippen LogP contribution >= 0.6 is 23.2 Å². The van der Waals surface area contributed by atoms with Crippen LogP contribution in [0, 0.1) is 0 Å². The highest BCUT2D eigenvalue weighted by atomic mass is 35.5. The van der Waals surface area contributed by atoms with E-state index in [1.54, 1.807) is 18.3 Å². The molecule has 3 heterocycles. The highest BCUT2D eigenvalue weighted by Crippen LogP contribution is 2.46. The van der Waals surface area contributed by atoms with Gasteiger partial charge in [0.1, 0.15) is 17.2 Å². The van der Waals surface area contributed by atoms with Crippen LogP contribution in [0.25, 0.3) is 22.0 Å². The standard InChI is InChI=1S/C27H28Cl2N6O3/c1-14-12-35(13-15(2)31-14)17-6-8-19(30-11-17)27(36)32-26-18-7-5-16(9-20(18)33-34-26)23-24(28)21(37-3)10-22(38-4)25(23)29/h5-11,14-15,31H,12-13H2,1-4H3,(H2,32,33,34,36). The Bertz CT molecular complexity index is 1450. The van der Waals surface area contributed by atoms with Gasteiger partial charge in [-0.15, -0.1) is 0 Å². The van der Waals surface area contributed by atoms with Crippen molar-refractivity contribution in [1.82, 2.24) is 20.5 Å². The summed E-state index contributed by atoms with van der Waals surface area (Å²) in [5.41, 5.74) is 3.30. The van der Waals surface area contributed by atoms with Crippen molar-refractivity contribution in [2.75, 3.05) is 37.5 Å². The van der Waals surface area contributed by atoms with Crippen LogP contribution in [0.4, 0.5) is 11.5 Å². The summed E-state index contributed by atoms with van der Waals surface area (Å²) >= 11 is 13.2. The predicted molar refractivity (Wildman–Crippen MR) is 151 cm³/mol. The summed E-state index contributed by atoms with van der Waals surface area (Å²) in [6.45, 7) is 6.09. The topological polar surface area (TPSA) is 104 Å². The van der Waals surface area contributed by atoms with Crippen LogP contribution < -0.4 is 25.0 Å². The number of hydrogen-bond acceptors (Lipinski definition) is 7. The number of hydrogen-bond donors (Lipinski definition) is 3. The molecule has 9 nitrogen and oxygen atoms in total. The third-order valence-electron chi connectivity index (χ3n) is 6.56. The van der Waals surface area contributed by atoms with E-state index in [4.69, 9.17) is 32.7 Å². The zero-order valence-electron chi connectivity index (χ0n) is 21.4.